The highest BCUT2D eigenvalue weighted by molar-refractivity contribution is 8.00. The fourth-order valence-corrected chi connectivity index (χ4v) is 6.71. The van der Waals surface area contributed by atoms with E-state index < -0.39 is 17.1 Å². The molecule has 0 aliphatic carbocycles. The Labute approximate surface area is 315 Å². The zero-order valence-corrected chi connectivity index (χ0v) is 31.5. The van der Waals surface area contributed by atoms with Crippen LogP contribution >= 0.6 is 23.1 Å². The summed E-state index contributed by atoms with van der Waals surface area (Å²) in [6.45, 7) is 1.78. The van der Waals surface area contributed by atoms with E-state index in [4.69, 9.17) is 23.7 Å². The lowest BCUT2D eigenvalue weighted by Crippen LogP contribution is -2.30. The first-order chi connectivity index (χ1) is 25.7. The summed E-state index contributed by atoms with van der Waals surface area (Å²) >= 11 is 2.63. The molecule has 0 spiro atoms. The van der Waals surface area contributed by atoms with Gasteiger partial charge in [0.05, 0.1) is 46.5 Å². The molecule has 0 bridgehead atoms. The van der Waals surface area contributed by atoms with Crippen LogP contribution in [0.15, 0.2) is 101 Å². The fourth-order valence-electron chi connectivity index (χ4n) is 5.06. The zero-order chi connectivity index (χ0) is 37.9. The van der Waals surface area contributed by atoms with Crippen molar-refractivity contribution in [3.05, 3.63) is 107 Å². The summed E-state index contributed by atoms with van der Waals surface area (Å²) in [5.41, 5.74) is 2.82. The predicted molar refractivity (Wildman–Crippen MR) is 208 cm³/mol. The van der Waals surface area contributed by atoms with Gasteiger partial charge in [0.2, 0.25) is 11.7 Å². The maximum atomic E-state index is 13.8. The molecule has 1 atom stereocenters. The molecule has 53 heavy (non-hydrogen) atoms. The Bertz CT molecular complexity index is 2090. The van der Waals surface area contributed by atoms with Crippen molar-refractivity contribution < 1.29 is 38.1 Å². The van der Waals surface area contributed by atoms with E-state index in [9.17, 15) is 14.4 Å². The van der Waals surface area contributed by atoms with Gasteiger partial charge in [-0.1, -0.05) is 24.3 Å². The van der Waals surface area contributed by atoms with Crippen molar-refractivity contribution in [3.8, 4) is 40.0 Å². The summed E-state index contributed by atoms with van der Waals surface area (Å²) in [6, 6.07) is 24.4. The molecule has 0 aliphatic heterocycles. The lowest BCUT2D eigenvalue weighted by molar-refractivity contribution is -0.115. The van der Waals surface area contributed by atoms with Crippen molar-refractivity contribution in [2.24, 2.45) is 0 Å². The number of ether oxygens (including phenoxy) is 5. The monoisotopic (exact) mass is 754 g/mol. The molecule has 0 radical (unpaired) electrons. The third kappa shape index (κ3) is 9.67. The second-order valence-electron chi connectivity index (χ2n) is 11.2. The van der Waals surface area contributed by atoms with Crippen LogP contribution < -0.4 is 39.6 Å². The van der Waals surface area contributed by atoms with Crippen molar-refractivity contribution in [2.45, 2.75) is 17.1 Å². The Morgan fingerprint density at radius 3 is 2.11 bits per heavy atom. The number of hydrogen-bond donors (Lipinski definition) is 3. The predicted octanol–water partition coefficient (Wildman–Crippen LogP) is 7.38. The van der Waals surface area contributed by atoms with E-state index in [1.54, 1.807) is 87.9 Å². The van der Waals surface area contributed by atoms with E-state index in [-0.39, 0.29) is 11.6 Å². The Balaban J connectivity index is 1.30. The maximum absolute atomic E-state index is 13.8. The third-order valence-corrected chi connectivity index (χ3v) is 9.57. The molecular weight excluding hydrogens is 717 g/mol. The first kappa shape index (κ1) is 38.2. The van der Waals surface area contributed by atoms with Crippen LogP contribution in [0, 0.1) is 0 Å². The van der Waals surface area contributed by atoms with Crippen LogP contribution in [0.25, 0.3) is 17.3 Å². The highest BCUT2D eigenvalue weighted by Crippen LogP contribution is 2.39. The van der Waals surface area contributed by atoms with Gasteiger partial charge in [-0.05, 0) is 79.2 Å². The van der Waals surface area contributed by atoms with Gasteiger partial charge in [0.15, 0.2) is 28.1 Å². The van der Waals surface area contributed by atoms with Gasteiger partial charge in [0.1, 0.15) is 5.70 Å². The minimum Gasteiger partial charge on any atom is -0.493 e. The number of methoxy groups -OCH3 is 5. The second kappa shape index (κ2) is 18.0. The average molecular weight is 755 g/mol. The van der Waals surface area contributed by atoms with E-state index >= 15 is 0 Å². The molecule has 5 rings (SSSR count). The lowest BCUT2D eigenvalue weighted by atomic mass is 10.1. The minimum absolute atomic E-state index is 0.0326. The number of carbonyl (C=O) groups excluding carboxylic acids is 3. The smallest absolute Gasteiger partial charge is 0.272 e. The van der Waals surface area contributed by atoms with E-state index in [0.29, 0.717) is 56.4 Å². The summed E-state index contributed by atoms with van der Waals surface area (Å²) in [4.78, 5) is 45.4. The van der Waals surface area contributed by atoms with Crippen molar-refractivity contribution in [1.29, 1.82) is 0 Å². The summed E-state index contributed by atoms with van der Waals surface area (Å²) in [5, 5.41) is 10.3. The molecule has 1 aromatic heterocycles. The molecule has 4 aromatic carbocycles. The van der Waals surface area contributed by atoms with Crippen molar-refractivity contribution in [1.82, 2.24) is 10.3 Å². The topological polar surface area (TPSA) is 146 Å². The molecular formula is C39H38N4O8S2. The molecule has 274 valence electrons. The number of amides is 3. The van der Waals surface area contributed by atoms with Crippen LogP contribution in [-0.4, -0.2) is 63.5 Å². The molecule has 12 nitrogen and oxygen atoms in total. The van der Waals surface area contributed by atoms with Gasteiger partial charge in [0, 0.05) is 27.1 Å². The van der Waals surface area contributed by atoms with Crippen LogP contribution in [0.2, 0.25) is 0 Å². The molecule has 0 aliphatic rings. The first-order valence-corrected chi connectivity index (χ1v) is 17.9. The first-order valence-electron chi connectivity index (χ1n) is 16.1. The molecule has 3 N–H and O–H groups in total. The largest absolute Gasteiger partial charge is 0.493 e. The maximum Gasteiger partial charge on any atom is 0.272 e. The molecule has 0 saturated carbocycles. The number of anilines is 2. The molecule has 14 heteroatoms. The van der Waals surface area contributed by atoms with Crippen LogP contribution in [0.4, 0.5) is 10.8 Å². The Morgan fingerprint density at radius 1 is 0.755 bits per heavy atom. The number of thiazole rings is 1. The second-order valence-corrected chi connectivity index (χ2v) is 13.4. The number of thioether (sulfide) groups is 1. The number of nitrogens with zero attached hydrogens (tertiary/aromatic N) is 1. The summed E-state index contributed by atoms with van der Waals surface area (Å²) in [6.07, 6.45) is 1.51. The highest BCUT2D eigenvalue weighted by Gasteiger charge is 2.20. The number of nitrogens with one attached hydrogen (secondary N) is 3. The number of hydrogen-bond acceptors (Lipinski definition) is 11. The number of benzene rings is 4. The lowest BCUT2D eigenvalue weighted by Gasteiger charge is -2.15. The molecule has 0 saturated heterocycles. The van der Waals surface area contributed by atoms with Gasteiger partial charge in [0.25, 0.3) is 11.8 Å². The minimum atomic E-state index is -0.579. The van der Waals surface area contributed by atoms with Gasteiger partial charge in [-0.2, -0.15) is 0 Å². The van der Waals surface area contributed by atoms with Gasteiger partial charge >= 0.3 is 0 Å². The Morgan fingerprint density at radius 2 is 1.45 bits per heavy atom. The summed E-state index contributed by atoms with van der Waals surface area (Å²) < 4.78 is 27.1. The van der Waals surface area contributed by atoms with E-state index in [2.05, 4.69) is 20.9 Å². The highest BCUT2D eigenvalue weighted by atomic mass is 32.2. The summed E-state index contributed by atoms with van der Waals surface area (Å²) in [5.74, 6) is 1.04. The van der Waals surface area contributed by atoms with E-state index in [0.717, 1.165) is 10.5 Å². The van der Waals surface area contributed by atoms with Gasteiger partial charge in [-0.15, -0.1) is 23.1 Å². The number of rotatable bonds is 15. The standard InChI is InChI=1S/C39H38N4O8S2/c1-23(36(44)43-39-42-30(22-52-39)26-15-16-31(47-2)32(20-26)48-3)53-28-14-10-13-27(21-28)40-38(46)29(41-37(45)25-11-8-7-9-12-25)17-24-18-33(49-4)35(51-6)34(19-24)50-5/h7-23H,1-6H3,(H,40,46)(H,41,45)(H,42,43,44)/b29-17+. The molecule has 0 fully saturated rings. The summed E-state index contributed by atoms with van der Waals surface area (Å²) in [7, 11) is 7.61. The molecule has 3 amide bonds. The molecule has 1 heterocycles. The van der Waals surface area contributed by atoms with Crippen LogP contribution in [-0.2, 0) is 9.59 Å². The van der Waals surface area contributed by atoms with Crippen molar-refractivity contribution in [2.75, 3.05) is 46.2 Å². The van der Waals surface area contributed by atoms with Crippen LogP contribution in [0.1, 0.15) is 22.8 Å². The molecule has 1 unspecified atom stereocenters. The third-order valence-electron chi connectivity index (χ3n) is 7.71. The number of carbonyl (C=O) groups is 3. The van der Waals surface area contributed by atoms with Crippen molar-refractivity contribution >= 4 is 57.7 Å². The van der Waals surface area contributed by atoms with Crippen molar-refractivity contribution in [3.63, 3.8) is 0 Å². The molecule has 5 aromatic rings. The Kier molecular flexibility index (Phi) is 13.0. The SMILES string of the molecule is COc1ccc(-c2csc(NC(=O)C(C)Sc3cccc(NC(=O)/C(=C\c4cc(OC)c(OC)c(OC)c4)NC(=O)c4ccccc4)c3)n2)cc1OC. The Hall–Kier alpha value is -5.99. The van der Waals surface area contributed by atoms with Crippen LogP contribution in [0.5, 0.6) is 28.7 Å². The quantitative estimate of drug-likeness (QED) is 0.0731. The zero-order valence-electron chi connectivity index (χ0n) is 29.8. The van der Waals surface area contributed by atoms with E-state index in [1.165, 1.54) is 50.5 Å². The normalized spacial score (nSPS) is 11.5. The fraction of sp³-hybridized carbons (Fsp3) is 0.179. The van der Waals surface area contributed by atoms with E-state index in [1.807, 2.05) is 23.6 Å². The van der Waals surface area contributed by atoms with Crippen LogP contribution in [0.3, 0.4) is 0 Å². The van der Waals surface area contributed by atoms with Gasteiger partial charge in [-0.3, -0.25) is 14.4 Å². The van der Waals surface area contributed by atoms with Gasteiger partial charge < -0.3 is 39.6 Å². The average Bonchev–Trinajstić information content (AvgIpc) is 3.65. The number of aromatic nitrogens is 1. The van der Waals surface area contributed by atoms with Gasteiger partial charge in [-0.25, -0.2) is 4.98 Å².